The van der Waals surface area contributed by atoms with Gasteiger partial charge in [0.05, 0.1) is 22.5 Å². The third-order valence-electron chi connectivity index (χ3n) is 3.22. The number of halogens is 1. The largest absolute Gasteiger partial charge is 0.393 e. The van der Waals surface area contributed by atoms with E-state index in [1.165, 1.54) is 6.33 Å². The molecule has 3 rings (SSSR count). The number of anilines is 4. The molecule has 0 atom stereocenters. The maximum Gasteiger partial charge on any atom is 0.271 e. The smallest absolute Gasteiger partial charge is 0.271 e. The van der Waals surface area contributed by atoms with Crippen molar-refractivity contribution in [2.75, 3.05) is 16.5 Å². The van der Waals surface area contributed by atoms with Crippen molar-refractivity contribution in [3.63, 3.8) is 0 Å². The van der Waals surface area contributed by atoms with E-state index >= 15 is 0 Å². The molecule has 3 aromatic rings. The minimum Gasteiger partial charge on any atom is -0.393 e. The van der Waals surface area contributed by atoms with Crippen LogP contribution in [-0.4, -0.2) is 20.9 Å². The highest BCUT2D eigenvalue weighted by molar-refractivity contribution is 6.33. The molecule has 2 heterocycles. The molecule has 126 valence electrons. The number of amides is 1. The molecule has 1 aromatic carbocycles. The predicted octanol–water partition coefficient (Wildman–Crippen LogP) is 2.61. The van der Waals surface area contributed by atoms with Gasteiger partial charge in [0, 0.05) is 6.20 Å². The summed E-state index contributed by atoms with van der Waals surface area (Å²) in [6.45, 7) is 0. The lowest BCUT2D eigenvalue weighted by Gasteiger charge is -2.13. The van der Waals surface area contributed by atoms with E-state index in [0.29, 0.717) is 16.4 Å². The zero-order chi connectivity index (χ0) is 17.6. The Balaban J connectivity index is 1.72. The number of hydrogen-bond donors (Lipinski definition) is 4. The van der Waals surface area contributed by atoms with E-state index in [0.717, 1.165) is 5.69 Å². The predicted molar refractivity (Wildman–Crippen MR) is 96.5 cm³/mol. The SMILES string of the molecule is Nc1c(NNC(=O)c2ccccc2Cl)ncnc1Nc1cccnc1. The Labute approximate surface area is 148 Å². The molecule has 1 amide bonds. The Morgan fingerprint density at radius 3 is 2.64 bits per heavy atom. The summed E-state index contributed by atoms with van der Waals surface area (Å²) in [5.41, 5.74) is 12.5. The van der Waals surface area contributed by atoms with Crippen LogP contribution in [0.25, 0.3) is 0 Å². The summed E-state index contributed by atoms with van der Waals surface area (Å²) in [6, 6.07) is 10.3. The van der Waals surface area contributed by atoms with Gasteiger partial charge in [-0.15, -0.1) is 0 Å². The second-order valence-electron chi connectivity index (χ2n) is 4.91. The number of nitrogens with one attached hydrogen (secondary N) is 3. The summed E-state index contributed by atoms with van der Waals surface area (Å²) >= 11 is 5.99. The number of hydrazine groups is 1. The number of benzene rings is 1. The summed E-state index contributed by atoms with van der Waals surface area (Å²) in [5, 5.41) is 3.37. The third-order valence-corrected chi connectivity index (χ3v) is 3.55. The van der Waals surface area contributed by atoms with E-state index < -0.39 is 5.91 Å². The van der Waals surface area contributed by atoms with Gasteiger partial charge in [0.25, 0.3) is 5.91 Å². The highest BCUT2D eigenvalue weighted by Gasteiger charge is 2.12. The molecule has 9 heteroatoms. The van der Waals surface area contributed by atoms with Gasteiger partial charge in [-0.05, 0) is 24.3 Å². The molecule has 8 nitrogen and oxygen atoms in total. The van der Waals surface area contributed by atoms with Gasteiger partial charge in [-0.1, -0.05) is 23.7 Å². The molecule has 0 aliphatic rings. The van der Waals surface area contributed by atoms with Crippen molar-refractivity contribution in [2.45, 2.75) is 0 Å². The van der Waals surface area contributed by atoms with Gasteiger partial charge in [0.15, 0.2) is 11.6 Å². The third kappa shape index (κ3) is 3.93. The lowest BCUT2D eigenvalue weighted by atomic mass is 10.2. The normalized spacial score (nSPS) is 10.1. The average molecular weight is 356 g/mol. The quantitative estimate of drug-likeness (QED) is 0.519. The zero-order valence-electron chi connectivity index (χ0n) is 12.9. The Hall–Kier alpha value is -3.39. The van der Waals surface area contributed by atoms with E-state index in [2.05, 4.69) is 31.1 Å². The van der Waals surface area contributed by atoms with Crippen molar-refractivity contribution in [3.05, 3.63) is 65.7 Å². The van der Waals surface area contributed by atoms with Gasteiger partial charge in [-0.2, -0.15) is 0 Å². The van der Waals surface area contributed by atoms with E-state index in [1.54, 1.807) is 42.7 Å². The topological polar surface area (TPSA) is 118 Å². The minimum atomic E-state index is -0.412. The van der Waals surface area contributed by atoms with Gasteiger partial charge >= 0.3 is 0 Å². The number of hydrogen-bond acceptors (Lipinski definition) is 7. The summed E-state index contributed by atoms with van der Waals surface area (Å²) in [4.78, 5) is 24.3. The van der Waals surface area contributed by atoms with Crippen molar-refractivity contribution >= 4 is 40.5 Å². The first kappa shape index (κ1) is 16.5. The summed E-state index contributed by atoms with van der Waals surface area (Å²) in [6.07, 6.45) is 4.61. The van der Waals surface area contributed by atoms with Gasteiger partial charge in [0.2, 0.25) is 0 Å². The van der Waals surface area contributed by atoms with Crippen LogP contribution in [0.15, 0.2) is 55.1 Å². The zero-order valence-corrected chi connectivity index (χ0v) is 13.7. The fourth-order valence-corrected chi connectivity index (χ4v) is 2.22. The Morgan fingerprint density at radius 2 is 1.88 bits per heavy atom. The van der Waals surface area contributed by atoms with Crippen LogP contribution < -0.4 is 21.9 Å². The van der Waals surface area contributed by atoms with Crippen LogP contribution >= 0.6 is 11.6 Å². The molecular formula is C16H14ClN7O. The first-order valence-electron chi connectivity index (χ1n) is 7.23. The maximum absolute atomic E-state index is 12.2. The van der Waals surface area contributed by atoms with Crippen molar-refractivity contribution in [1.82, 2.24) is 20.4 Å². The van der Waals surface area contributed by atoms with E-state index in [4.69, 9.17) is 17.3 Å². The van der Waals surface area contributed by atoms with Crippen LogP contribution in [0.3, 0.4) is 0 Å². The lowest BCUT2D eigenvalue weighted by Crippen LogP contribution is -2.30. The van der Waals surface area contributed by atoms with Crippen molar-refractivity contribution < 1.29 is 4.79 Å². The highest BCUT2D eigenvalue weighted by atomic mass is 35.5. The molecule has 0 bridgehead atoms. The first-order valence-corrected chi connectivity index (χ1v) is 7.61. The lowest BCUT2D eigenvalue weighted by molar-refractivity contribution is 0.0962. The second kappa shape index (κ2) is 7.45. The van der Waals surface area contributed by atoms with E-state index in [1.807, 2.05) is 6.07 Å². The Kier molecular flexibility index (Phi) is 4.91. The molecule has 0 unspecified atom stereocenters. The molecule has 0 radical (unpaired) electrons. The monoisotopic (exact) mass is 355 g/mol. The molecule has 0 saturated carbocycles. The number of carbonyl (C=O) groups is 1. The summed E-state index contributed by atoms with van der Waals surface area (Å²) in [7, 11) is 0. The molecule has 25 heavy (non-hydrogen) atoms. The molecular weight excluding hydrogens is 342 g/mol. The molecule has 0 aliphatic carbocycles. The summed E-state index contributed by atoms with van der Waals surface area (Å²) < 4.78 is 0. The number of nitrogens with zero attached hydrogens (tertiary/aromatic N) is 3. The number of rotatable bonds is 5. The van der Waals surface area contributed by atoms with Crippen molar-refractivity contribution in [3.8, 4) is 0 Å². The molecule has 2 aromatic heterocycles. The van der Waals surface area contributed by atoms with Crippen molar-refractivity contribution in [1.29, 1.82) is 0 Å². The van der Waals surface area contributed by atoms with Crippen LogP contribution in [0.5, 0.6) is 0 Å². The van der Waals surface area contributed by atoms with Crippen LogP contribution in [0.4, 0.5) is 23.0 Å². The van der Waals surface area contributed by atoms with Gasteiger partial charge in [-0.25, -0.2) is 9.97 Å². The Morgan fingerprint density at radius 1 is 1.08 bits per heavy atom. The molecule has 0 aliphatic heterocycles. The number of nitrogen functional groups attached to an aromatic ring is 1. The molecule has 0 spiro atoms. The summed E-state index contributed by atoms with van der Waals surface area (Å²) in [5.74, 6) is 0.227. The number of pyridine rings is 1. The Bertz CT molecular complexity index is 889. The van der Waals surface area contributed by atoms with Crippen LogP contribution in [0.1, 0.15) is 10.4 Å². The van der Waals surface area contributed by atoms with Crippen LogP contribution in [0.2, 0.25) is 5.02 Å². The first-order chi connectivity index (χ1) is 12.1. The molecule has 5 N–H and O–H groups in total. The standard InChI is InChI=1S/C16H14ClN7O/c17-12-6-2-1-5-11(12)16(25)24-23-15-13(18)14(20-9-21-15)22-10-4-3-7-19-8-10/h1-9H,18H2,(H,24,25)(H2,20,21,22,23). The van der Waals surface area contributed by atoms with Gasteiger partial charge in [-0.3, -0.25) is 20.6 Å². The fourth-order valence-electron chi connectivity index (χ4n) is 2.00. The van der Waals surface area contributed by atoms with Crippen LogP contribution in [0, 0.1) is 0 Å². The maximum atomic E-state index is 12.2. The van der Waals surface area contributed by atoms with E-state index in [9.17, 15) is 4.79 Å². The molecule has 0 saturated heterocycles. The minimum absolute atomic E-state index is 0.241. The van der Waals surface area contributed by atoms with E-state index in [-0.39, 0.29) is 11.5 Å². The second-order valence-corrected chi connectivity index (χ2v) is 5.32. The average Bonchev–Trinajstić information content (AvgIpc) is 2.63. The number of nitrogens with two attached hydrogens (primary N) is 1. The fraction of sp³-hybridized carbons (Fsp3) is 0. The van der Waals surface area contributed by atoms with Gasteiger partial charge in [0.1, 0.15) is 12.0 Å². The number of aromatic nitrogens is 3. The highest BCUT2D eigenvalue weighted by Crippen LogP contribution is 2.25. The van der Waals surface area contributed by atoms with Crippen LogP contribution in [-0.2, 0) is 0 Å². The van der Waals surface area contributed by atoms with Gasteiger partial charge < -0.3 is 11.1 Å². The van der Waals surface area contributed by atoms with Crippen molar-refractivity contribution in [2.24, 2.45) is 0 Å². The molecule has 0 fully saturated rings. The number of carbonyl (C=O) groups excluding carboxylic acids is 1.